The van der Waals surface area contributed by atoms with Gasteiger partial charge < -0.3 is 10.6 Å². The first-order chi connectivity index (χ1) is 8.24. The summed E-state index contributed by atoms with van der Waals surface area (Å²) in [6.07, 6.45) is 4.84. The summed E-state index contributed by atoms with van der Waals surface area (Å²) in [7, 11) is 1.87. The number of piperidine rings is 1. The summed E-state index contributed by atoms with van der Waals surface area (Å²) < 4.78 is 1.74. The van der Waals surface area contributed by atoms with Gasteiger partial charge in [-0.2, -0.15) is 5.10 Å². The van der Waals surface area contributed by atoms with Crippen molar-refractivity contribution in [2.75, 3.05) is 13.1 Å². The number of aromatic nitrogens is 2. The van der Waals surface area contributed by atoms with Crippen molar-refractivity contribution >= 4 is 5.91 Å². The lowest BCUT2D eigenvalue weighted by atomic mass is 9.96. The first-order valence-electron chi connectivity index (χ1n) is 6.20. The molecule has 0 spiro atoms. The molecule has 0 saturated carbocycles. The number of hydrogen-bond acceptors (Lipinski definition) is 3. The summed E-state index contributed by atoms with van der Waals surface area (Å²) in [6.45, 7) is 2.59. The molecule has 1 amide bonds. The molecule has 5 heteroatoms. The number of nitrogens with one attached hydrogen (secondary N) is 2. The molecule has 2 heterocycles. The van der Waals surface area contributed by atoms with Gasteiger partial charge in [0.1, 0.15) is 0 Å². The first-order valence-corrected chi connectivity index (χ1v) is 6.20. The molecule has 2 rings (SSSR count). The van der Waals surface area contributed by atoms with Crippen LogP contribution in [0.1, 0.15) is 25.0 Å². The molecular weight excluding hydrogens is 216 g/mol. The van der Waals surface area contributed by atoms with Crippen LogP contribution in [0.2, 0.25) is 0 Å². The van der Waals surface area contributed by atoms with E-state index in [1.807, 2.05) is 19.3 Å². The highest BCUT2D eigenvalue weighted by molar-refractivity contribution is 5.76. The van der Waals surface area contributed by atoms with Gasteiger partial charge in [0.15, 0.2) is 0 Å². The molecule has 1 atom stereocenters. The summed E-state index contributed by atoms with van der Waals surface area (Å²) in [4.78, 5) is 11.7. The Bertz CT molecular complexity index is 368. The summed E-state index contributed by atoms with van der Waals surface area (Å²) in [5, 5.41) is 10.5. The summed E-state index contributed by atoms with van der Waals surface area (Å²) in [5.74, 6) is 0.622. The lowest BCUT2D eigenvalue weighted by Gasteiger charge is -2.21. The largest absolute Gasteiger partial charge is 0.350 e. The lowest BCUT2D eigenvalue weighted by molar-refractivity contribution is -0.122. The third kappa shape index (κ3) is 3.85. The van der Waals surface area contributed by atoms with Crippen LogP contribution in [0.4, 0.5) is 0 Å². The number of carbonyl (C=O) groups is 1. The van der Waals surface area contributed by atoms with E-state index in [4.69, 9.17) is 0 Å². The van der Waals surface area contributed by atoms with Crippen molar-refractivity contribution in [2.24, 2.45) is 13.0 Å². The third-order valence-corrected chi connectivity index (χ3v) is 3.11. The average molecular weight is 236 g/mol. The fourth-order valence-electron chi connectivity index (χ4n) is 2.18. The van der Waals surface area contributed by atoms with Crippen molar-refractivity contribution < 1.29 is 4.79 Å². The molecule has 1 saturated heterocycles. The predicted molar refractivity (Wildman–Crippen MR) is 65.3 cm³/mol. The van der Waals surface area contributed by atoms with E-state index in [2.05, 4.69) is 15.7 Å². The Morgan fingerprint density at radius 1 is 1.71 bits per heavy atom. The zero-order valence-electron chi connectivity index (χ0n) is 10.3. The predicted octanol–water partition coefficient (Wildman–Crippen LogP) is 0.426. The van der Waals surface area contributed by atoms with Crippen LogP contribution in [0.15, 0.2) is 12.3 Å². The maximum absolute atomic E-state index is 11.7. The molecule has 0 bridgehead atoms. The molecule has 1 unspecified atom stereocenters. The number of rotatable bonds is 4. The molecule has 1 aromatic rings. The van der Waals surface area contributed by atoms with Gasteiger partial charge in [0, 0.05) is 19.7 Å². The standard InChI is InChI=1S/C12H20N4O/c1-16-6-4-11(15-16)9-14-12(17)7-10-3-2-5-13-8-10/h4,6,10,13H,2-3,5,7-9H2,1H3,(H,14,17). The van der Waals surface area contributed by atoms with Crippen molar-refractivity contribution in [1.29, 1.82) is 0 Å². The van der Waals surface area contributed by atoms with E-state index in [0.29, 0.717) is 18.9 Å². The van der Waals surface area contributed by atoms with Gasteiger partial charge in [-0.15, -0.1) is 0 Å². The maximum atomic E-state index is 11.7. The Labute approximate surface area is 102 Å². The van der Waals surface area contributed by atoms with Crippen LogP contribution in [-0.2, 0) is 18.4 Å². The van der Waals surface area contributed by atoms with Crippen molar-refractivity contribution in [3.63, 3.8) is 0 Å². The Morgan fingerprint density at radius 2 is 2.59 bits per heavy atom. The number of amides is 1. The minimum atomic E-state index is 0.129. The highest BCUT2D eigenvalue weighted by Crippen LogP contribution is 2.13. The molecule has 5 nitrogen and oxygen atoms in total. The fourth-order valence-corrected chi connectivity index (χ4v) is 2.18. The smallest absolute Gasteiger partial charge is 0.220 e. The maximum Gasteiger partial charge on any atom is 0.220 e. The van der Waals surface area contributed by atoms with Gasteiger partial charge in [-0.3, -0.25) is 9.48 Å². The minimum absolute atomic E-state index is 0.129. The van der Waals surface area contributed by atoms with Gasteiger partial charge in [0.05, 0.1) is 12.2 Å². The molecule has 0 aromatic carbocycles. The van der Waals surface area contributed by atoms with Gasteiger partial charge in [-0.25, -0.2) is 0 Å². The molecule has 2 N–H and O–H groups in total. The van der Waals surface area contributed by atoms with Gasteiger partial charge >= 0.3 is 0 Å². The third-order valence-electron chi connectivity index (χ3n) is 3.11. The lowest BCUT2D eigenvalue weighted by Crippen LogP contribution is -2.34. The van der Waals surface area contributed by atoms with E-state index in [9.17, 15) is 4.79 Å². The van der Waals surface area contributed by atoms with E-state index in [1.165, 1.54) is 6.42 Å². The van der Waals surface area contributed by atoms with E-state index in [0.717, 1.165) is 25.2 Å². The molecule has 17 heavy (non-hydrogen) atoms. The monoisotopic (exact) mass is 236 g/mol. The van der Waals surface area contributed by atoms with E-state index >= 15 is 0 Å². The Kier molecular flexibility index (Phi) is 4.14. The van der Waals surface area contributed by atoms with Crippen LogP contribution in [-0.4, -0.2) is 28.8 Å². The topological polar surface area (TPSA) is 59.0 Å². The van der Waals surface area contributed by atoms with Crippen LogP contribution < -0.4 is 10.6 Å². The number of aryl methyl sites for hydroxylation is 1. The van der Waals surface area contributed by atoms with Crippen molar-refractivity contribution in [3.05, 3.63) is 18.0 Å². The van der Waals surface area contributed by atoms with Gasteiger partial charge in [0.25, 0.3) is 0 Å². The zero-order valence-corrected chi connectivity index (χ0v) is 10.3. The van der Waals surface area contributed by atoms with Gasteiger partial charge in [-0.1, -0.05) is 0 Å². The second kappa shape index (κ2) is 5.82. The molecule has 1 aromatic heterocycles. The van der Waals surface area contributed by atoms with Crippen LogP contribution in [0, 0.1) is 5.92 Å². The Hall–Kier alpha value is -1.36. The van der Waals surface area contributed by atoms with Gasteiger partial charge in [-0.05, 0) is 37.9 Å². The number of carbonyl (C=O) groups excluding carboxylic acids is 1. The van der Waals surface area contributed by atoms with E-state index < -0.39 is 0 Å². The second-order valence-corrected chi connectivity index (χ2v) is 4.67. The van der Waals surface area contributed by atoms with Crippen molar-refractivity contribution in [2.45, 2.75) is 25.8 Å². The quantitative estimate of drug-likeness (QED) is 0.797. The van der Waals surface area contributed by atoms with Crippen LogP contribution in [0.25, 0.3) is 0 Å². The molecular formula is C12H20N4O. The highest BCUT2D eigenvalue weighted by Gasteiger charge is 2.16. The van der Waals surface area contributed by atoms with Crippen LogP contribution in [0.5, 0.6) is 0 Å². The summed E-state index contributed by atoms with van der Waals surface area (Å²) in [6, 6.07) is 1.92. The van der Waals surface area contributed by atoms with Crippen LogP contribution in [0.3, 0.4) is 0 Å². The first kappa shape index (κ1) is 12.1. The molecule has 0 radical (unpaired) electrons. The van der Waals surface area contributed by atoms with E-state index in [-0.39, 0.29) is 5.91 Å². The average Bonchev–Trinajstić information content (AvgIpc) is 2.74. The Balaban J connectivity index is 1.70. The molecule has 1 aliphatic rings. The summed E-state index contributed by atoms with van der Waals surface area (Å²) in [5.41, 5.74) is 0.905. The highest BCUT2D eigenvalue weighted by atomic mass is 16.1. The van der Waals surface area contributed by atoms with Crippen LogP contribution >= 0.6 is 0 Å². The minimum Gasteiger partial charge on any atom is -0.350 e. The van der Waals surface area contributed by atoms with Crippen molar-refractivity contribution in [1.82, 2.24) is 20.4 Å². The van der Waals surface area contributed by atoms with Gasteiger partial charge in [0.2, 0.25) is 5.91 Å². The SMILES string of the molecule is Cn1ccc(CNC(=O)CC2CCCNC2)n1. The van der Waals surface area contributed by atoms with Crippen molar-refractivity contribution in [3.8, 4) is 0 Å². The summed E-state index contributed by atoms with van der Waals surface area (Å²) >= 11 is 0. The Morgan fingerprint density at radius 3 is 3.24 bits per heavy atom. The molecule has 0 aliphatic carbocycles. The van der Waals surface area contributed by atoms with E-state index in [1.54, 1.807) is 4.68 Å². The molecule has 1 fully saturated rings. The fraction of sp³-hybridized carbons (Fsp3) is 0.667. The molecule has 94 valence electrons. The second-order valence-electron chi connectivity index (χ2n) is 4.67. The number of hydrogen-bond donors (Lipinski definition) is 2. The number of nitrogens with zero attached hydrogens (tertiary/aromatic N) is 2. The molecule has 1 aliphatic heterocycles. The zero-order chi connectivity index (χ0) is 12.1. The normalized spacial score (nSPS) is 20.2.